The second-order valence-electron chi connectivity index (χ2n) is 6.87. The van der Waals surface area contributed by atoms with Gasteiger partial charge in [0.2, 0.25) is 0 Å². The molecule has 20 heavy (non-hydrogen) atoms. The molecule has 5 heteroatoms. The third-order valence-electron chi connectivity index (χ3n) is 5.54. The number of ether oxygens (including phenoxy) is 5. The fourth-order valence-corrected chi connectivity index (χ4v) is 4.52. The Morgan fingerprint density at radius 1 is 0.700 bits per heavy atom. The fraction of sp³-hybridized carbons (Fsp3) is 1.00. The van der Waals surface area contributed by atoms with E-state index in [9.17, 15) is 0 Å². The maximum Gasteiger partial charge on any atom is 0.190 e. The average molecular weight is 282 g/mol. The maximum absolute atomic E-state index is 6.32. The van der Waals surface area contributed by atoms with Crippen LogP contribution in [-0.2, 0) is 23.7 Å². The zero-order valence-electron chi connectivity index (χ0n) is 11.7. The van der Waals surface area contributed by atoms with Gasteiger partial charge in [-0.2, -0.15) is 0 Å². The van der Waals surface area contributed by atoms with Gasteiger partial charge in [-0.15, -0.1) is 0 Å². The largest absolute Gasteiger partial charge is 0.347 e. The van der Waals surface area contributed by atoms with Crippen LogP contribution in [0.15, 0.2) is 0 Å². The molecule has 0 bridgehead atoms. The summed E-state index contributed by atoms with van der Waals surface area (Å²) in [6, 6.07) is 0. The van der Waals surface area contributed by atoms with E-state index < -0.39 is 0 Å². The Morgan fingerprint density at radius 3 is 2.10 bits per heavy atom. The third kappa shape index (κ3) is 1.67. The summed E-state index contributed by atoms with van der Waals surface area (Å²) >= 11 is 0. The molecule has 3 saturated heterocycles. The molecule has 0 radical (unpaired) electrons. The topological polar surface area (TPSA) is 46.2 Å². The lowest BCUT2D eigenvalue weighted by Gasteiger charge is -2.41. The highest BCUT2D eigenvalue weighted by molar-refractivity contribution is 5.00. The van der Waals surface area contributed by atoms with E-state index in [0.717, 1.165) is 25.7 Å². The van der Waals surface area contributed by atoms with Crippen LogP contribution in [0.3, 0.4) is 0 Å². The van der Waals surface area contributed by atoms with Crippen LogP contribution in [0.4, 0.5) is 0 Å². The molecule has 5 rings (SSSR count). The fourth-order valence-electron chi connectivity index (χ4n) is 4.52. The summed E-state index contributed by atoms with van der Waals surface area (Å²) in [4.78, 5) is 0. The van der Waals surface area contributed by atoms with Crippen molar-refractivity contribution < 1.29 is 23.7 Å². The van der Waals surface area contributed by atoms with Crippen LogP contribution in [0, 0.1) is 0 Å². The Hall–Kier alpha value is -0.200. The van der Waals surface area contributed by atoms with Crippen molar-refractivity contribution in [1.82, 2.24) is 0 Å². The minimum atomic E-state index is -0.384. The van der Waals surface area contributed by atoms with E-state index in [-0.39, 0.29) is 36.2 Å². The Labute approximate surface area is 118 Å². The highest BCUT2D eigenvalue weighted by Crippen LogP contribution is 2.50. The molecule has 3 aliphatic heterocycles. The molecule has 2 aliphatic carbocycles. The highest BCUT2D eigenvalue weighted by atomic mass is 16.9. The summed E-state index contributed by atoms with van der Waals surface area (Å²) in [6.45, 7) is 0.609. The lowest BCUT2D eigenvalue weighted by Crippen LogP contribution is -2.52. The van der Waals surface area contributed by atoms with Gasteiger partial charge in [-0.1, -0.05) is 0 Å². The van der Waals surface area contributed by atoms with Crippen LogP contribution in [-0.4, -0.2) is 42.8 Å². The first-order chi connectivity index (χ1) is 9.78. The molecule has 5 nitrogen and oxygen atoms in total. The summed E-state index contributed by atoms with van der Waals surface area (Å²) < 4.78 is 30.6. The van der Waals surface area contributed by atoms with Crippen LogP contribution in [0.2, 0.25) is 0 Å². The molecule has 0 aromatic carbocycles. The second kappa shape index (κ2) is 4.17. The Kier molecular flexibility index (Phi) is 2.58. The van der Waals surface area contributed by atoms with E-state index in [1.165, 1.54) is 25.7 Å². The first kappa shape index (κ1) is 12.4. The molecule has 2 spiro atoms. The molecule has 1 unspecified atom stereocenters. The summed E-state index contributed by atoms with van der Waals surface area (Å²) in [5.74, 6) is -0.751. The average Bonchev–Trinajstić information content (AvgIpc) is 3.19. The van der Waals surface area contributed by atoms with Crippen LogP contribution >= 0.6 is 0 Å². The Bertz CT molecular complexity index is 399. The summed E-state index contributed by atoms with van der Waals surface area (Å²) in [6.07, 6.45) is 8.33. The van der Waals surface area contributed by atoms with Crippen LogP contribution in [0.5, 0.6) is 0 Å². The predicted molar refractivity (Wildman–Crippen MR) is 67.8 cm³/mol. The first-order valence-corrected chi connectivity index (χ1v) is 8.11. The quantitative estimate of drug-likeness (QED) is 0.681. The number of hydrogen-bond acceptors (Lipinski definition) is 5. The maximum atomic E-state index is 6.32. The summed E-state index contributed by atoms with van der Waals surface area (Å²) in [7, 11) is 0. The zero-order chi connectivity index (χ0) is 13.2. The molecule has 3 heterocycles. The van der Waals surface area contributed by atoms with Crippen molar-refractivity contribution in [3.05, 3.63) is 0 Å². The van der Waals surface area contributed by atoms with Crippen molar-refractivity contribution in [1.29, 1.82) is 0 Å². The van der Waals surface area contributed by atoms with E-state index in [1.807, 2.05) is 0 Å². The molecule has 4 atom stereocenters. The summed E-state index contributed by atoms with van der Waals surface area (Å²) in [5, 5.41) is 0. The summed E-state index contributed by atoms with van der Waals surface area (Å²) in [5.41, 5.74) is 0. The van der Waals surface area contributed by atoms with Crippen LogP contribution < -0.4 is 0 Å². The van der Waals surface area contributed by atoms with E-state index in [1.54, 1.807) is 0 Å². The lowest BCUT2D eigenvalue weighted by atomic mass is 10.1. The van der Waals surface area contributed by atoms with E-state index in [4.69, 9.17) is 23.7 Å². The monoisotopic (exact) mass is 282 g/mol. The van der Waals surface area contributed by atoms with Gasteiger partial charge < -0.3 is 23.7 Å². The molecular weight excluding hydrogens is 260 g/mol. The minimum Gasteiger partial charge on any atom is -0.347 e. The molecule has 5 fully saturated rings. The Morgan fingerprint density at radius 2 is 1.35 bits per heavy atom. The van der Waals surface area contributed by atoms with E-state index >= 15 is 0 Å². The van der Waals surface area contributed by atoms with Crippen molar-refractivity contribution >= 4 is 0 Å². The van der Waals surface area contributed by atoms with Crippen molar-refractivity contribution in [2.75, 3.05) is 6.61 Å². The minimum absolute atomic E-state index is 0.0215. The van der Waals surface area contributed by atoms with Crippen LogP contribution in [0.1, 0.15) is 51.4 Å². The molecule has 0 aromatic rings. The van der Waals surface area contributed by atoms with Gasteiger partial charge in [-0.05, 0) is 25.7 Å². The van der Waals surface area contributed by atoms with Crippen molar-refractivity contribution in [2.24, 2.45) is 0 Å². The van der Waals surface area contributed by atoms with Gasteiger partial charge in [0.05, 0.1) is 6.61 Å². The van der Waals surface area contributed by atoms with Gasteiger partial charge in [-0.25, -0.2) is 0 Å². The zero-order valence-corrected chi connectivity index (χ0v) is 11.7. The lowest BCUT2D eigenvalue weighted by molar-refractivity contribution is -0.332. The van der Waals surface area contributed by atoms with Crippen molar-refractivity contribution in [2.45, 2.75) is 87.5 Å². The standard InChI is InChI=1S/C15H22O5/c1-2-6-14(5-1)16-9-10-11(18-14)12-13(17-10)20-15(19-12)7-3-4-8-15/h10-13H,1-9H2/t10-,11+,12-,13?/m0/s1. The van der Waals surface area contributed by atoms with Gasteiger partial charge in [0, 0.05) is 25.7 Å². The highest BCUT2D eigenvalue weighted by Gasteiger charge is 2.62. The SMILES string of the molecule is C1CCC2(C1)OC[C@@H]1OC3OC4(CCCC4)O[C@H]3[C@@H]1O2. The van der Waals surface area contributed by atoms with Crippen molar-refractivity contribution in [3.63, 3.8) is 0 Å². The van der Waals surface area contributed by atoms with E-state index in [2.05, 4.69) is 0 Å². The molecule has 0 aromatic heterocycles. The second-order valence-corrected chi connectivity index (χ2v) is 6.87. The number of fused-ring (bicyclic) bond motifs is 3. The molecule has 0 N–H and O–H groups in total. The van der Waals surface area contributed by atoms with Crippen molar-refractivity contribution in [3.8, 4) is 0 Å². The van der Waals surface area contributed by atoms with E-state index in [0.29, 0.717) is 6.61 Å². The number of hydrogen-bond donors (Lipinski definition) is 0. The van der Waals surface area contributed by atoms with Gasteiger partial charge in [0.15, 0.2) is 17.9 Å². The van der Waals surface area contributed by atoms with Gasteiger partial charge >= 0.3 is 0 Å². The first-order valence-electron chi connectivity index (χ1n) is 8.11. The molecule has 5 aliphatic rings. The third-order valence-corrected chi connectivity index (χ3v) is 5.54. The molecular formula is C15H22O5. The smallest absolute Gasteiger partial charge is 0.190 e. The van der Waals surface area contributed by atoms with Gasteiger partial charge in [0.1, 0.15) is 18.3 Å². The van der Waals surface area contributed by atoms with Gasteiger partial charge in [-0.3, -0.25) is 0 Å². The van der Waals surface area contributed by atoms with Crippen LogP contribution in [0.25, 0.3) is 0 Å². The Balaban J connectivity index is 1.37. The normalized spacial score (nSPS) is 48.0. The molecule has 2 saturated carbocycles. The predicted octanol–water partition coefficient (Wildman–Crippen LogP) is 2.08. The molecule has 0 amide bonds. The van der Waals surface area contributed by atoms with Gasteiger partial charge in [0.25, 0.3) is 0 Å². The molecule has 112 valence electrons. The number of rotatable bonds is 0.